The van der Waals surface area contributed by atoms with Crippen molar-refractivity contribution in [3.8, 4) is 11.1 Å². The Morgan fingerprint density at radius 2 is 1.91 bits per heavy atom. The molecule has 0 aliphatic carbocycles. The first-order chi connectivity index (χ1) is 16.6. The Bertz CT molecular complexity index is 1340. The Morgan fingerprint density at radius 3 is 2.68 bits per heavy atom. The molecule has 1 aliphatic heterocycles. The minimum Gasteiger partial charge on any atom is -0.347 e. The fraction of sp³-hybridized carbons (Fsp3) is 0.200. The zero-order valence-electron chi connectivity index (χ0n) is 18.2. The van der Waals surface area contributed by atoms with E-state index in [4.69, 9.17) is 0 Å². The Labute approximate surface area is 204 Å². The maximum Gasteiger partial charge on any atom is 0.270 e. The number of anilines is 2. The molecule has 1 fully saturated rings. The van der Waals surface area contributed by atoms with Gasteiger partial charge in [0.1, 0.15) is 11.5 Å². The summed E-state index contributed by atoms with van der Waals surface area (Å²) < 4.78 is 14.1. The number of carbonyl (C=O) groups is 1. The normalized spacial score (nSPS) is 15.8. The van der Waals surface area contributed by atoms with Crippen LogP contribution < -0.4 is 16.0 Å². The van der Waals surface area contributed by atoms with Gasteiger partial charge in [0.2, 0.25) is 5.95 Å². The summed E-state index contributed by atoms with van der Waals surface area (Å²) in [6.45, 7) is 1.70. The van der Waals surface area contributed by atoms with Gasteiger partial charge in [-0.15, -0.1) is 0 Å². The maximum absolute atomic E-state index is 13.4. The fourth-order valence-electron chi connectivity index (χ4n) is 3.97. The van der Waals surface area contributed by atoms with Gasteiger partial charge in [0.15, 0.2) is 5.65 Å². The van der Waals surface area contributed by atoms with Crippen LogP contribution in [0.3, 0.4) is 0 Å². The first kappa shape index (κ1) is 22.4. The van der Waals surface area contributed by atoms with Gasteiger partial charge in [-0.05, 0) is 61.3 Å². The number of carbonyl (C=O) groups excluding carboxylic acids is 1. The van der Waals surface area contributed by atoms with Crippen molar-refractivity contribution in [1.29, 1.82) is 0 Å². The predicted octanol–water partition coefficient (Wildman–Crippen LogP) is 4.82. The van der Waals surface area contributed by atoms with Crippen LogP contribution in [0.15, 0.2) is 65.3 Å². The Balaban J connectivity index is 1.55. The second kappa shape index (κ2) is 9.82. The van der Waals surface area contributed by atoms with Crippen LogP contribution in [0.5, 0.6) is 0 Å². The monoisotopic (exact) mass is 520 g/mol. The van der Waals surface area contributed by atoms with Crippen molar-refractivity contribution < 1.29 is 9.18 Å². The molecule has 0 radical (unpaired) electrons. The first-order valence-corrected chi connectivity index (χ1v) is 11.8. The van der Waals surface area contributed by atoms with Crippen LogP contribution >= 0.6 is 15.9 Å². The van der Waals surface area contributed by atoms with Crippen LogP contribution in [0.4, 0.5) is 16.0 Å². The largest absolute Gasteiger partial charge is 0.347 e. The lowest BCUT2D eigenvalue weighted by Crippen LogP contribution is -2.45. The molecule has 2 aromatic heterocycles. The van der Waals surface area contributed by atoms with Crippen LogP contribution in [-0.4, -0.2) is 40.0 Å². The number of benzene rings is 2. The fourth-order valence-corrected chi connectivity index (χ4v) is 4.47. The maximum atomic E-state index is 13.4. The molecule has 0 spiro atoms. The standard InChI is InChI=1S/C25H22BrFN6O/c26-21-6-2-1-5-19(21)20-12-15-13-29-25(31-17-9-7-16(27)8-10-17)33-23(15)32-22(20)24(34)30-18-4-3-11-28-14-18/h1-2,5-10,12-13,18,28H,3-4,11,14H2,(H,30,34)(H,29,31,32,33)/t18-/m0/s1. The van der Waals surface area contributed by atoms with Gasteiger partial charge in [0, 0.05) is 39.9 Å². The molecule has 2 aromatic carbocycles. The Morgan fingerprint density at radius 1 is 1.09 bits per heavy atom. The van der Waals surface area contributed by atoms with Gasteiger partial charge in [0.05, 0.1) is 0 Å². The molecule has 1 aliphatic rings. The lowest BCUT2D eigenvalue weighted by atomic mass is 10.0. The van der Waals surface area contributed by atoms with Crippen molar-refractivity contribution in [3.05, 3.63) is 76.8 Å². The Kier molecular flexibility index (Phi) is 6.46. The summed E-state index contributed by atoms with van der Waals surface area (Å²) >= 11 is 3.60. The smallest absolute Gasteiger partial charge is 0.270 e. The average Bonchev–Trinajstić information content (AvgIpc) is 2.85. The lowest BCUT2D eigenvalue weighted by Gasteiger charge is -2.24. The van der Waals surface area contributed by atoms with E-state index in [1.807, 2.05) is 30.3 Å². The minimum absolute atomic E-state index is 0.0481. The van der Waals surface area contributed by atoms with Crippen molar-refractivity contribution in [2.45, 2.75) is 18.9 Å². The summed E-state index contributed by atoms with van der Waals surface area (Å²) in [7, 11) is 0. The van der Waals surface area contributed by atoms with Crippen LogP contribution in [0.2, 0.25) is 0 Å². The molecule has 0 bridgehead atoms. The highest BCUT2D eigenvalue weighted by molar-refractivity contribution is 9.10. The van der Waals surface area contributed by atoms with Gasteiger partial charge in [0.25, 0.3) is 5.91 Å². The molecule has 0 saturated carbocycles. The van der Waals surface area contributed by atoms with E-state index in [-0.39, 0.29) is 17.8 Å². The van der Waals surface area contributed by atoms with Gasteiger partial charge in [-0.1, -0.05) is 34.1 Å². The van der Waals surface area contributed by atoms with Gasteiger partial charge in [-0.2, -0.15) is 4.98 Å². The first-order valence-electron chi connectivity index (χ1n) is 11.0. The van der Waals surface area contributed by atoms with Crippen molar-refractivity contribution in [2.24, 2.45) is 0 Å². The molecule has 3 N–H and O–H groups in total. The van der Waals surface area contributed by atoms with E-state index < -0.39 is 0 Å². The van der Waals surface area contributed by atoms with Crippen LogP contribution in [0.25, 0.3) is 22.2 Å². The molecule has 7 nitrogen and oxygen atoms in total. The number of amides is 1. The van der Waals surface area contributed by atoms with Crippen molar-refractivity contribution in [2.75, 3.05) is 18.4 Å². The van der Waals surface area contributed by atoms with E-state index >= 15 is 0 Å². The molecule has 3 heterocycles. The molecule has 1 atom stereocenters. The van der Waals surface area contributed by atoms with E-state index in [1.54, 1.807) is 18.3 Å². The van der Waals surface area contributed by atoms with Crippen molar-refractivity contribution in [1.82, 2.24) is 25.6 Å². The number of aromatic nitrogens is 3. The number of piperidine rings is 1. The predicted molar refractivity (Wildman–Crippen MR) is 134 cm³/mol. The highest BCUT2D eigenvalue weighted by Crippen LogP contribution is 2.32. The van der Waals surface area contributed by atoms with Gasteiger partial charge in [-0.25, -0.2) is 14.4 Å². The summed E-state index contributed by atoms with van der Waals surface area (Å²) in [5.41, 5.74) is 2.90. The summed E-state index contributed by atoms with van der Waals surface area (Å²) in [5.74, 6) is -0.258. The highest BCUT2D eigenvalue weighted by atomic mass is 79.9. The number of nitrogens with one attached hydrogen (secondary N) is 3. The SMILES string of the molecule is O=C(N[C@H]1CCCNC1)c1nc2nc(Nc3ccc(F)cc3)ncc2cc1-c1ccccc1Br. The summed E-state index contributed by atoms with van der Waals surface area (Å²) in [5, 5.41) is 10.2. The van der Waals surface area contributed by atoms with Gasteiger partial charge >= 0.3 is 0 Å². The van der Waals surface area contributed by atoms with Crippen LogP contribution in [0.1, 0.15) is 23.3 Å². The van der Waals surface area contributed by atoms with Gasteiger partial charge < -0.3 is 16.0 Å². The summed E-state index contributed by atoms with van der Waals surface area (Å²) in [4.78, 5) is 26.9. The molecule has 5 rings (SSSR count). The molecule has 34 heavy (non-hydrogen) atoms. The number of rotatable bonds is 5. The van der Waals surface area contributed by atoms with E-state index in [2.05, 4.69) is 46.8 Å². The molecule has 9 heteroatoms. The van der Waals surface area contributed by atoms with Crippen LogP contribution in [0, 0.1) is 5.82 Å². The average molecular weight is 521 g/mol. The lowest BCUT2D eigenvalue weighted by molar-refractivity contribution is 0.0926. The highest BCUT2D eigenvalue weighted by Gasteiger charge is 2.22. The minimum atomic E-state index is -0.324. The van der Waals surface area contributed by atoms with Crippen LogP contribution in [-0.2, 0) is 0 Å². The number of halogens is 2. The van der Waals surface area contributed by atoms with E-state index in [0.717, 1.165) is 36.0 Å². The quantitative estimate of drug-likeness (QED) is 0.349. The number of hydrogen-bond acceptors (Lipinski definition) is 6. The third-order valence-corrected chi connectivity index (χ3v) is 6.37. The van der Waals surface area contributed by atoms with E-state index in [0.29, 0.717) is 33.9 Å². The number of pyridine rings is 1. The molecule has 1 amide bonds. The number of fused-ring (bicyclic) bond motifs is 1. The third kappa shape index (κ3) is 4.90. The Hall–Kier alpha value is -3.43. The molecular weight excluding hydrogens is 499 g/mol. The second-order valence-corrected chi connectivity index (χ2v) is 8.97. The van der Waals surface area contributed by atoms with E-state index in [1.165, 1.54) is 12.1 Å². The summed E-state index contributed by atoms with van der Waals surface area (Å²) in [6, 6.07) is 15.6. The van der Waals surface area contributed by atoms with E-state index in [9.17, 15) is 9.18 Å². The zero-order valence-corrected chi connectivity index (χ0v) is 19.8. The van der Waals surface area contributed by atoms with Gasteiger partial charge in [-0.3, -0.25) is 4.79 Å². The molecule has 172 valence electrons. The third-order valence-electron chi connectivity index (χ3n) is 5.68. The number of nitrogens with zero attached hydrogens (tertiary/aromatic N) is 3. The van der Waals surface area contributed by atoms with Crippen molar-refractivity contribution >= 4 is 44.5 Å². The second-order valence-electron chi connectivity index (χ2n) is 8.12. The van der Waals surface area contributed by atoms with Crippen molar-refractivity contribution in [3.63, 3.8) is 0 Å². The molecule has 0 unspecified atom stereocenters. The molecular formula is C25H22BrFN6O. The molecule has 4 aromatic rings. The zero-order chi connectivity index (χ0) is 23.5. The summed E-state index contributed by atoms with van der Waals surface area (Å²) in [6.07, 6.45) is 3.59. The molecule has 1 saturated heterocycles. The topological polar surface area (TPSA) is 91.8 Å². The number of hydrogen-bond donors (Lipinski definition) is 3.